The molecule has 0 aromatic rings. The third kappa shape index (κ3) is 1.25. The number of hydrogen-bond donors (Lipinski definition) is 3. The van der Waals surface area contributed by atoms with Crippen LogP contribution in [0.1, 0.15) is 0 Å². The molecule has 0 aromatic heterocycles. The van der Waals surface area contributed by atoms with Gasteiger partial charge in [-0.25, -0.2) is 30.3 Å². The molecule has 0 spiro atoms. The zero-order valence-corrected chi connectivity index (χ0v) is 10.6. The maximum atomic E-state index is 11.3. The fraction of sp³-hybridized carbons (Fsp3) is 1.00. The van der Waals surface area contributed by atoms with Crippen LogP contribution < -0.4 is 16.5 Å². The highest BCUT2D eigenvalue weighted by molar-refractivity contribution is 5.10. The van der Waals surface area contributed by atoms with Gasteiger partial charge in [0.15, 0.2) is 33.6 Å². The molecule has 5 aliphatic heterocycles. The number of hydrogen-bond acceptors (Lipinski definition) is 10. The molecule has 0 saturated carbocycles. The highest BCUT2D eigenvalue weighted by Crippen LogP contribution is 2.41. The molecule has 5 heterocycles. The van der Waals surface area contributed by atoms with Crippen LogP contribution in [0.2, 0.25) is 0 Å². The fourth-order valence-corrected chi connectivity index (χ4v) is 3.70. The van der Waals surface area contributed by atoms with Crippen molar-refractivity contribution in [3.05, 3.63) is 30.3 Å². The Labute approximate surface area is 120 Å². The summed E-state index contributed by atoms with van der Waals surface area (Å²) < 4.78 is 0. The van der Waals surface area contributed by atoms with Crippen LogP contribution in [0.5, 0.6) is 0 Å². The largest absolute Gasteiger partial charge is 0.270 e. The first-order valence-electron chi connectivity index (χ1n) is 6.17. The van der Waals surface area contributed by atoms with Gasteiger partial charge in [0.1, 0.15) is 6.17 Å². The molecule has 5 fully saturated rings. The standard InChI is InChI=1S/C6H10N10O6/c7-10-1-2-9-4-3(8-1)12(15(19)20)6(13(4)16(21)22)5(10)11(2)14(17)18/h1-6,8-9H,7H2. The quantitative estimate of drug-likeness (QED) is 0.258. The molecular weight excluding hydrogens is 308 g/mol. The molecule has 0 aromatic carbocycles. The van der Waals surface area contributed by atoms with E-state index in [1.165, 1.54) is 0 Å². The second-order valence-corrected chi connectivity index (χ2v) is 5.24. The van der Waals surface area contributed by atoms with Crippen LogP contribution in [0, 0.1) is 30.3 Å². The summed E-state index contributed by atoms with van der Waals surface area (Å²) in [6.07, 6.45) is -6.72. The van der Waals surface area contributed by atoms with Crippen molar-refractivity contribution in [3.63, 3.8) is 0 Å². The zero-order chi connectivity index (χ0) is 15.9. The van der Waals surface area contributed by atoms with Gasteiger partial charge in [-0.05, 0) is 0 Å². The van der Waals surface area contributed by atoms with Crippen molar-refractivity contribution in [1.29, 1.82) is 0 Å². The van der Waals surface area contributed by atoms with Crippen molar-refractivity contribution < 1.29 is 15.1 Å². The molecule has 16 heteroatoms. The number of nitrogens with one attached hydrogen (secondary N) is 2. The van der Waals surface area contributed by atoms with E-state index in [1.54, 1.807) is 0 Å². The third-order valence-corrected chi connectivity index (χ3v) is 4.41. The summed E-state index contributed by atoms with van der Waals surface area (Å²) in [7, 11) is 0. The molecule has 4 N–H and O–H groups in total. The lowest BCUT2D eigenvalue weighted by Gasteiger charge is -2.37. The minimum Gasteiger partial charge on any atom is -0.270 e. The van der Waals surface area contributed by atoms with Gasteiger partial charge in [0.2, 0.25) is 6.17 Å². The minimum atomic E-state index is -1.52. The molecule has 6 bridgehead atoms. The third-order valence-electron chi connectivity index (χ3n) is 4.41. The molecule has 5 rings (SSSR count). The second-order valence-electron chi connectivity index (χ2n) is 5.24. The summed E-state index contributed by atoms with van der Waals surface area (Å²) in [6, 6.07) is 0. The molecule has 120 valence electrons. The maximum Gasteiger partial charge on any atom is 0.261 e. The monoisotopic (exact) mass is 318 g/mol. The Bertz CT molecular complexity index is 570. The Hall–Kier alpha value is -2.56. The van der Waals surface area contributed by atoms with E-state index < -0.39 is 52.1 Å². The van der Waals surface area contributed by atoms with E-state index in [0.717, 1.165) is 5.01 Å². The van der Waals surface area contributed by atoms with Gasteiger partial charge in [-0.1, -0.05) is 15.0 Å². The summed E-state index contributed by atoms with van der Waals surface area (Å²) in [5.74, 6) is 5.82. The van der Waals surface area contributed by atoms with Crippen molar-refractivity contribution >= 4 is 0 Å². The van der Waals surface area contributed by atoms with E-state index in [1.807, 2.05) is 0 Å². The predicted octanol–water partition coefficient (Wildman–Crippen LogP) is -4.17. The average Bonchev–Trinajstić information content (AvgIpc) is 2.78. The van der Waals surface area contributed by atoms with Gasteiger partial charge in [-0.3, -0.25) is 16.5 Å². The van der Waals surface area contributed by atoms with E-state index in [-0.39, 0.29) is 0 Å². The summed E-state index contributed by atoms with van der Waals surface area (Å²) in [6.45, 7) is 0. The van der Waals surface area contributed by atoms with Crippen LogP contribution in [0.15, 0.2) is 0 Å². The second kappa shape index (κ2) is 3.80. The molecule has 5 saturated heterocycles. The fourth-order valence-electron chi connectivity index (χ4n) is 3.70. The molecule has 0 aliphatic carbocycles. The first-order chi connectivity index (χ1) is 10.3. The normalized spacial score (nSPS) is 42.1. The van der Waals surface area contributed by atoms with Gasteiger partial charge >= 0.3 is 0 Å². The molecule has 22 heavy (non-hydrogen) atoms. The number of nitrogens with zero attached hydrogens (tertiary/aromatic N) is 7. The molecule has 5 aliphatic rings. The van der Waals surface area contributed by atoms with E-state index in [4.69, 9.17) is 5.84 Å². The number of rotatable bonds is 3. The van der Waals surface area contributed by atoms with Crippen LogP contribution in [0.4, 0.5) is 0 Å². The number of nitrogens with two attached hydrogens (primary N) is 1. The lowest BCUT2D eigenvalue weighted by Crippen LogP contribution is -2.73. The van der Waals surface area contributed by atoms with Gasteiger partial charge in [0.05, 0.1) is 0 Å². The Morgan fingerprint density at radius 1 is 0.727 bits per heavy atom. The Morgan fingerprint density at radius 2 is 1.09 bits per heavy atom. The van der Waals surface area contributed by atoms with Crippen molar-refractivity contribution in [3.8, 4) is 0 Å². The van der Waals surface area contributed by atoms with Crippen molar-refractivity contribution in [2.24, 2.45) is 5.84 Å². The zero-order valence-electron chi connectivity index (χ0n) is 10.6. The van der Waals surface area contributed by atoms with Crippen molar-refractivity contribution in [2.45, 2.75) is 37.0 Å². The minimum absolute atomic E-state index is 0.594. The maximum absolute atomic E-state index is 11.3. The van der Waals surface area contributed by atoms with Gasteiger partial charge in [-0.15, -0.1) is 0 Å². The summed E-state index contributed by atoms with van der Waals surface area (Å²) in [4.78, 5) is 34.0. The van der Waals surface area contributed by atoms with Gasteiger partial charge in [0, 0.05) is 0 Å². The SMILES string of the molecule is NN1C2NC3C4NC2N([N+](=O)[O-])C1C(N3[N+](=O)[O-])N4[N+](=O)[O-]. The summed E-state index contributed by atoms with van der Waals surface area (Å²) >= 11 is 0. The van der Waals surface area contributed by atoms with Crippen LogP contribution in [0.25, 0.3) is 0 Å². The Kier molecular flexibility index (Phi) is 2.26. The van der Waals surface area contributed by atoms with Crippen molar-refractivity contribution in [2.75, 3.05) is 0 Å². The van der Waals surface area contributed by atoms with Gasteiger partial charge in [0.25, 0.3) is 6.17 Å². The van der Waals surface area contributed by atoms with Crippen LogP contribution >= 0.6 is 0 Å². The van der Waals surface area contributed by atoms with E-state index in [2.05, 4.69) is 10.6 Å². The number of piperazine rings is 1. The van der Waals surface area contributed by atoms with E-state index in [9.17, 15) is 30.3 Å². The molecular formula is C6H10N10O6. The molecule has 0 radical (unpaired) electrons. The van der Waals surface area contributed by atoms with Crippen LogP contribution in [-0.2, 0) is 0 Å². The lowest BCUT2D eigenvalue weighted by molar-refractivity contribution is -0.725. The first-order valence-corrected chi connectivity index (χ1v) is 6.17. The highest BCUT2D eigenvalue weighted by atomic mass is 16.7. The molecule has 0 amide bonds. The van der Waals surface area contributed by atoms with Crippen LogP contribution in [0.3, 0.4) is 0 Å². The van der Waals surface area contributed by atoms with Crippen LogP contribution in [-0.4, -0.2) is 72.1 Å². The summed E-state index contributed by atoms with van der Waals surface area (Å²) in [5.41, 5.74) is 0. The van der Waals surface area contributed by atoms with E-state index >= 15 is 0 Å². The number of nitro groups is 3. The smallest absolute Gasteiger partial charge is 0.261 e. The number of hydrazine groups is 4. The Balaban J connectivity index is 1.90. The molecule has 6 atom stereocenters. The first kappa shape index (κ1) is 13.1. The topological polar surface area (TPSA) is 192 Å². The molecule has 6 unspecified atom stereocenters. The van der Waals surface area contributed by atoms with E-state index in [0.29, 0.717) is 15.0 Å². The molecule has 16 nitrogen and oxygen atoms in total. The Morgan fingerprint density at radius 3 is 1.55 bits per heavy atom. The van der Waals surface area contributed by atoms with Gasteiger partial charge in [-0.2, -0.15) is 5.01 Å². The lowest BCUT2D eigenvalue weighted by atomic mass is 10.2. The van der Waals surface area contributed by atoms with Crippen molar-refractivity contribution in [1.82, 2.24) is 30.7 Å². The predicted molar refractivity (Wildman–Crippen MR) is 61.5 cm³/mol. The average molecular weight is 318 g/mol. The van der Waals surface area contributed by atoms with Gasteiger partial charge < -0.3 is 0 Å². The summed E-state index contributed by atoms with van der Waals surface area (Å²) in [5, 5.41) is 39.9. The highest BCUT2D eigenvalue weighted by Gasteiger charge is 2.76.